The smallest absolute Gasteiger partial charge is 0.159 e. The Hall–Kier alpha value is -2.47. The minimum Gasteiger partial charge on any atom is -0.399 e. The molecule has 3 aromatic rings. The van der Waals surface area contributed by atoms with E-state index in [0.29, 0.717) is 0 Å². The maximum Gasteiger partial charge on any atom is 0.159 e. The van der Waals surface area contributed by atoms with E-state index >= 15 is 0 Å². The Balaban J connectivity index is 0.000000157. The second kappa shape index (κ2) is 8.07. The number of anilines is 1. The van der Waals surface area contributed by atoms with Crippen LogP contribution in [0.2, 0.25) is 0 Å². The van der Waals surface area contributed by atoms with E-state index in [1.54, 1.807) is 12.3 Å². The summed E-state index contributed by atoms with van der Waals surface area (Å²) in [5.74, 6) is -1.51. The number of nitrogen functional groups attached to an aromatic ring is 1. The maximum atomic E-state index is 12.9. The first-order valence-electron chi connectivity index (χ1n) is 8.47. The second-order valence-corrected chi connectivity index (χ2v) is 6.30. The van der Waals surface area contributed by atoms with Crippen molar-refractivity contribution in [1.82, 2.24) is 15.1 Å². The molecule has 0 saturated carbocycles. The van der Waals surface area contributed by atoms with Crippen molar-refractivity contribution >= 4 is 16.6 Å². The van der Waals surface area contributed by atoms with Crippen molar-refractivity contribution in [3.8, 4) is 0 Å². The van der Waals surface area contributed by atoms with Gasteiger partial charge in [-0.05, 0) is 61.8 Å². The number of halogens is 2. The average Bonchev–Trinajstić information content (AvgIpc) is 3.07. The number of nitrogens with one attached hydrogen (secondary N) is 1. The van der Waals surface area contributed by atoms with Crippen LogP contribution in [0.4, 0.5) is 14.5 Å². The van der Waals surface area contributed by atoms with Crippen molar-refractivity contribution in [2.75, 3.05) is 18.8 Å². The van der Waals surface area contributed by atoms with E-state index in [2.05, 4.69) is 15.1 Å². The quantitative estimate of drug-likeness (QED) is 0.688. The monoisotopic (exact) mass is 344 g/mol. The highest BCUT2D eigenvalue weighted by molar-refractivity contribution is 5.81. The normalized spacial score (nSPS) is 15.0. The van der Waals surface area contributed by atoms with Crippen LogP contribution in [-0.2, 0) is 6.54 Å². The number of H-pyrrole nitrogens is 1. The number of aromatic amines is 1. The van der Waals surface area contributed by atoms with Crippen LogP contribution in [0.3, 0.4) is 0 Å². The molecule has 1 aliphatic heterocycles. The van der Waals surface area contributed by atoms with Gasteiger partial charge in [-0.2, -0.15) is 5.10 Å². The first kappa shape index (κ1) is 17.4. The summed E-state index contributed by atoms with van der Waals surface area (Å²) in [6.45, 7) is 2.87. The number of likely N-dealkylation sites (tertiary alicyclic amines) is 1. The van der Waals surface area contributed by atoms with Crippen molar-refractivity contribution in [2.24, 2.45) is 0 Å². The molecule has 0 atom stereocenters. The number of hydrogen-bond acceptors (Lipinski definition) is 3. The summed E-state index contributed by atoms with van der Waals surface area (Å²) in [6.07, 6.45) is 5.47. The van der Waals surface area contributed by atoms with E-state index < -0.39 is 11.6 Å². The fourth-order valence-electron chi connectivity index (χ4n) is 2.97. The number of aromatic nitrogens is 2. The minimum atomic E-state index is -0.766. The highest BCUT2D eigenvalue weighted by Crippen LogP contribution is 2.15. The predicted octanol–water partition coefficient (Wildman–Crippen LogP) is 4.10. The van der Waals surface area contributed by atoms with Gasteiger partial charge in [-0.15, -0.1) is 0 Å². The number of nitrogens with two attached hydrogens (primary N) is 1. The summed E-state index contributed by atoms with van der Waals surface area (Å²) >= 11 is 0. The van der Waals surface area contributed by atoms with Gasteiger partial charge in [-0.1, -0.05) is 12.5 Å². The molecule has 1 fully saturated rings. The molecule has 2 heterocycles. The molecule has 0 spiro atoms. The lowest BCUT2D eigenvalue weighted by Gasteiger charge is -2.26. The standard InChI is InChI=1S/C12H15F2N.C7H7N3/c13-11-5-4-10(8-12(11)14)9-15-6-2-1-3-7-15;8-6-1-2-7-5(3-6)4-9-10-7/h4-5,8H,1-3,6-7,9H2;1-4H,8H2,(H,9,10). The Morgan fingerprint density at radius 2 is 1.80 bits per heavy atom. The van der Waals surface area contributed by atoms with Gasteiger partial charge >= 0.3 is 0 Å². The third-order valence-corrected chi connectivity index (χ3v) is 4.30. The Bertz CT molecular complexity index is 825. The van der Waals surface area contributed by atoms with Gasteiger partial charge in [-0.25, -0.2) is 8.78 Å². The van der Waals surface area contributed by atoms with Crippen molar-refractivity contribution in [2.45, 2.75) is 25.8 Å². The zero-order valence-electron chi connectivity index (χ0n) is 14.0. The SMILES string of the molecule is Fc1ccc(CN2CCCCC2)cc1F.Nc1ccc2[nH]ncc2c1. The summed E-state index contributed by atoms with van der Waals surface area (Å²) in [4.78, 5) is 2.29. The molecule has 132 valence electrons. The first-order chi connectivity index (χ1) is 12.1. The number of rotatable bonds is 2. The zero-order valence-corrected chi connectivity index (χ0v) is 14.0. The number of nitrogens with zero attached hydrogens (tertiary/aromatic N) is 2. The van der Waals surface area contributed by atoms with E-state index in [0.717, 1.165) is 41.8 Å². The molecule has 1 aliphatic rings. The van der Waals surface area contributed by atoms with Crippen molar-refractivity contribution in [3.05, 3.63) is 59.8 Å². The third kappa shape index (κ3) is 4.76. The average molecular weight is 344 g/mol. The fourth-order valence-corrected chi connectivity index (χ4v) is 2.97. The van der Waals surface area contributed by atoms with Crippen LogP contribution in [0.15, 0.2) is 42.6 Å². The number of hydrogen-bond donors (Lipinski definition) is 2. The van der Waals surface area contributed by atoms with E-state index in [9.17, 15) is 8.78 Å². The molecule has 25 heavy (non-hydrogen) atoms. The van der Waals surface area contributed by atoms with Gasteiger partial charge in [0.2, 0.25) is 0 Å². The van der Waals surface area contributed by atoms with E-state index in [-0.39, 0.29) is 0 Å². The Labute approximate surface area is 145 Å². The first-order valence-corrected chi connectivity index (χ1v) is 8.47. The number of benzene rings is 2. The third-order valence-electron chi connectivity index (χ3n) is 4.30. The van der Waals surface area contributed by atoms with E-state index in [1.807, 2.05) is 18.2 Å². The summed E-state index contributed by atoms with van der Waals surface area (Å²) < 4.78 is 25.6. The van der Waals surface area contributed by atoms with Crippen LogP contribution in [0.1, 0.15) is 24.8 Å². The van der Waals surface area contributed by atoms with Gasteiger partial charge in [-0.3, -0.25) is 10.00 Å². The molecule has 1 aromatic heterocycles. The van der Waals surface area contributed by atoms with Crippen LogP contribution in [0.5, 0.6) is 0 Å². The van der Waals surface area contributed by atoms with Gasteiger partial charge < -0.3 is 5.73 Å². The molecule has 2 aromatic carbocycles. The molecule has 0 bridgehead atoms. The summed E-state index contributed by atoms with van der Waals surface area (Å²) in [5.41, 5.74) is 8.19. The molecule has 4 nitrogen and oxygen atoms in total. The van der Waals surface area contributed by atoms with Gasteiger partial charge in [0.15, 0.2) is 11.6 Å². The molecule has 1 saturated heterocycles. The molecular weight excluding hydrogens is 322 g/mol. The highest BCUT2D eigenvalue weighted by Gasteiger charge is 2.11. The van der Waals surface area contributed by atoms with Crippen LogP contribution >= 0.6 is 0 Å². The zero-order chi connectivity index (χ0) is 17.6. The molecule has 4 rings (SSSR count). The maximum absolute atomic E-state index is 12.9. The van der Waals surface area contributed by atoms with Gasteiger partial charge in [0.25, 0.3) is 0 Å². The summed E-state index contributed by atoms with van der Waals surface area (Å²) in [5, 5.41) is 7.76. The molecule has 6 heteroatoms. The van der Waals surface area contributed by atoms with Crippen LogP contribution in [0, 0.1) is 11.6 Å². The molecule has 0 radical (unpaired) electrons. The predicted molar refractivity (Wildman–Crippen MR) is 96.0 cm³/mol. The Kier molecular flexibility index (Phi) is 5.60. The van der Waals surface area contributed by atoms with Crippen molar-refractivity contribution in [1.29, 1.82) is 0 Å². The van der Waals surface area contributed by atoms with Crippen molar-refractivity contribution < 1.29 is 8.78 Å². The number of fused-ring (bicyclic) bond motifs is 1. The van der Waals surface area contributed by atoms with Gasteiger partial charge in [0, 0.05) is 17.6 Å². The molecular formula is C19H22F2N4. The molecule has 0 aliphatic carbocycles. The lowest BCUT2D eigenvalue weighted by Crippen LogP contribution is -2.29. The number of piperidine rings is 1. The van der Waals surface area contributed by atoms with Crippen LogP contribution < -0.4 is 5.73 Å². The van der Waals surface area contributed by atoms with Crippen LogP contribution in [-0.4, -0.2) is 28.2 Å². The molecule has 3 N–H and O–H groups in total. The molecule has 0 amide bonds. The van der Waals surface area contributed by atoms with E-state index in [1.165, 1.54) is 31.4 Å². The van der Waals surface area contributed by atoms with Gasteiger partial charge in [0.1, 0.15) is 0 Å². The Morgan fingerprint density at radius 1 is 1.00 bits per heavy atom. The largest absolute Gasteiger partial charge is 0.399 e. The highest BCUT2D eigenvalue weighted by atomic mass is 19.2. The summed E-state index contributed by atoms with van der Waals surface area (Å²) in [6, 6.07) is 9.81. The molecule has 0 unspecified atom stereocenters. The van der Waals surface area contributed by atoms with Gasteiger partial charge in [0.05, 0.1) is 11.7 Å². The lowest BCUT2D eigenvalue weighted by molar-refractivity contribution is 0.220. The van der Waals surface area contributed by atoms with Crippen molar-refractivity contribution in [3.63, 3.8) is 0 Å². The second-order valence-electron chi connectivity index (χ2n) is 6.30. The summed E-state index contributed by atoms with van der Waals surface area (Å²) in [7, 11) is 0. The fraction of sp³-hybridized carbons (Fsp3) is 0.316. The topological polar surface area (TPSA) is 57.9 Å². The lowest BCUT2D eigenvalue weighted by atomic mass is 10.1. The Morgan fingerprint density at radius 3 is 2.56 bits per heavy atom. The van der Waals surface area contributed by atoms with E-state index in [4.69, 9.17) is 5.73 Å². The minimum absolute atomic E-state index is 0.733. The van der Waals surface area contributed by atoms with Crippen LogP contribution in [0.25, 0.3) is 10.9 Å².